The molecule has 1 amide bonds. The first-order valence-electron chi connectivity index (χ1n) is 6.03. The maximum absolute atomic E-state index is 12.0. The fourth-order valence-corrected chi connectivity index (χ4v) is 2.21. The molecule has 2 rings (SSSR count). The minimum Gasteiger partial charge on any atom is -0.478 e. The van der Waals surface area contributed by atoms with Gasteiger partial charge in [-0.25, -0.2) is 4.79 Å². The molecule has 0 spiro atoms. The molecule has 0 heterocycles. The van der Waals surface area contributed by atoms with E-state index in [1.54, 1.807) is 24.3 Å². The summed E-state index contributed by atoms with van der Waals surface area (Å²) in [7, 11) is 0. The standard InChI is InChI=1S/C15H11Cl2NO3/c16-10-3-1-2-9(6-10)7-14(19)18-13-5-4-11(17)8-12(13)15(20)21/h1-6,8H,7H2,(H,18,19)(H,20,21). The molecule has 6 heteroatoms. The lowest BCUT2D eigenvalue weighted by molar-refractivity contribution is -0.115. The number of carboxylic acid groups (broad SMARTS) is 1. The third-order valence-corrected chi connectivity index (χ3v) is 3.21. The molecule has 2 N–H and O–H groups in total. The maximum Gasteiger partial charge on any atom is 0.337 e. The second-order valence-electron chi connectivity index (χ2n) is 4.35. The molecule has 0 unspecified atom stereocenters. The van der Waals surface area contributed by atoms with Crippen molar-refractivity contribution in [1.29, 1.82) is 0 Å². The van der Waals surface area contributed by atoms with Gasteiger partial charge in [0.1, 0.15) is 0 Å². The number of nitrogens with one attached hydrogen (secondary N) is 1. The zero-order chi connectivity index (χ0) is 15.4. The van der Waals surface area contributed by atoms with Crippen LogP contribution in [0.1, 0.15) is 15.9 Å². The first-order chi connectivity index (χ1) is 9.95. The lowest BCUT2D eigenvalue weighted by Crippen LogP contribution is -2.16. The van der Waals surface area contributed by atoms with Gasteiger partial charge in [0.05, 0.1) is 17.7 Å². The number of benzene rings is 2. The molecule has 2 aromatic rings. The van der Waals surface area contributed by atoms with E-state index in [-0.39, 0.29) is 23.6 Å². The van der Waals surface area contributed by atoms with Crippen molar-refractivity contribution in [1.82, 2.24) is 0 Å². The molecule has 0 aromatic heterocycles. The number of aromatic carboxylic acids is 1. The highest BCUT2D eigenvalue weighted by molar-refractivity contribution is 6.31. The van der Waals surface area contributed by atoms with Crippen LogP contribution >= 0.6 is 23.2 Å². The van der Waals surface area contributed by atoms with E-state index in [0.29, 0.717) is 10.0 Å². The van der Waals surface area contributed by atoms with Crippen LogP contribution in [0, 0.1) is 0 Å². The van der Waals surface area contributed by atoms with Gasteiger partial charge in [0.25, 0.3) is 0 Å². The van der Waals surface area contributed by atoms with Gasteiger partial charge in [-0.15, -0.1) is 0 Å². The van der Waals surface area contributed by atoms with Crippen molar-refractivity contribution in [3.63, 3.8) is 0 Å². The van der Waals surface area contributed by atoms with E-state index in [2.05, 4.69) is 5.32 Å². The topological polar surface area (TPSA) is 66.4 Å². The molecule has 108 valence electrons. The second kappa shape index (κ2) is 6.61. The van der Waals surface area contributed by atoms with Crippen molar-refractivity contribution < 1.29 is 14.7 Å². The van der Waals surface area contributed by atoms with E-state index in [1.165, 1.54) is 18.2 Å². The van der Waals surface area contributed by atoms with E-state index in [1.807, 2.05) is 0 Å². The molecule has 0 aliphatic heterocycles. The monoisotopic (exact) mass is 323 g/mol. The van der Waals surface area contributed by atoms with Gasteiger partial charge >= 0.3 is 5.97 Å². The minimum atomic E-state index is -1.16. The molecular weight excluding hydrogens is 313 g/mol. The van der Waals surface area contributed by atoms with Crippen molar-refractivity contribution >= 4 is 40.8 Å². The lowest BCUT2D eigenvalue weighted by atomic mass is 10.1. The Hall–Kier alpha value is -2.04. The highest BCUT2D eigenvalue weighted by Gasteiger charge is 2.13. The van der Waals surface area contributed by atoms with E-state index in [4.69, 9.17) is 28.3 Å². The number of carboxylic acids is 1. The van der Waals surface area contributed by atoms with Crippen LogP contribution in [0.25, 0.3) is 0 Å². The van der Waals surface area contributed by atoms with Gasteiger partial charge < -0.3 is 10.4 Å². The second-order valence-corrected chi connectivity index (χ2v) is 5.22. The van der Waals surface area contributed by atoms with Crippen LogP contribution in [0.2, 0.25) is 10.0 Å². The van der Waals surface area contributed by atoms with Gasteiger partial charge in [-0.3, -0.25) is 4.79 Å². The Morgan fingerprint density at radius 1 is 1.05 bits per heavy atom. The summed E-state index contributed by atoms with van der Waals surface area (Å²) in [6, 6.07) is 11.2. The molecule has 0 bridgehead atoms. The number of carbonyl (C=O) groups is 2. The fourth-order valence-electron chi connectivity index (χ4n) is 1.83. The first kappa shape index (κ1) is 15.4. The van der Waals surface area contributed by atoms with Crippen molar-refractivity contribution in [2.24, 2.45) is 0 Å². The fraction of sp³-hybridized carbons (Fsp3) is 0.0667. The predicted molar refractivity (Wildman–Crippen MR) is 82.2 cm³/mol. The summed E-state index contributed by atoms with van der Waals surface area (Å²) in [6.45, 7) is 0. The van der Waals surface area contributed by atoms with Gasteiger partial charge in [0.2, 0.25) is 5.91 Å². The molecule has 0 saturated heterocycles. The third-order valence-electron chi connectivity index (χ3n) is 2.74. The van der Waals surface area contributed by atoms with E-state index in [9.17, 15) is 9.59 Å². The highest BCUT2D eigenvalue weighted by atomic mass is 35.5. The Kier molecular flexibility index (Phi) is 4.83. The molecule has 0 fully saturated rings. The lowest BCUT2D eigenvalue weighted by Gasteiger charge is -2.09. The summed E-state index contributed by atoms with van der Waals surface area (Å²) in [6.07, 6.45) is 0.0994. The van der Waals surface area contributed by atoms with Crippen LogP contribution in [-0.2, 0) is 11.2 Å². The number of rotatable bonds is 4. The summed E-state index contributed by atoms with van der Waals surface area (Å²) in [5.41, 5.74) is 0.895. The van der Waals surface area contributed by atoms with Crippen molar-refractivity contribution in [2.75, 3.05) is 5.32 Å². The molecule has 4 nitrogen and oxygen atoms in total. The molecule has 21 heavy (non-hydrogen) atoms. The average molecular weight is 324 g/mol. The van der Waals surface area contributed by atoms with Crippen molar-refractivity contribution in [3.8, 4) is 0 Å². The van der Waals surface area contributed by atoms with Crippen LogP contribution in [-0.4, -0.2) is 17.0 Å². The maximum atomic E-state index is 12.0. The smallest absolute Gasteiger partial charge is 0.337 e. The Bertz CT molecular complexity index is 701. The van der Waals surface area contributed by atoms with Crippen LogP contribution in [0.15, 0.2) is 42.5 Å². The Balaban J connectivity index is 2.15. The quantitative estimate of drug-likeness (QED) is 0.897. The average Bonchev–Trinajstić information content (AvgIpc) is 2.40. The van der Waals surface area contributed by atoms with Gasteiger partial charge in [0.15, 0.2) is 0 Å². The van der Waals surface area contributed by atoms with Crippen LogP contribution in [0.3, 0.4) is 0 Å². The van der Waals surface area contributed by atoms with E-state index in [0.717, 1.165) is 5.56 Å². The molecule has 2 aromatic carbocycles. The third kappa shape index (κ3) is 4.21. The largest absolute Gasteiger partial charge is 0.478 e. The normalized spacial score (nSPS) is 10.2. The zero-order valence-corrected chi connectivity index (χ0v) is 12.3. The molecule has 0 atom stereocenters. The molecule has 0 saturated carbocycles. The van der Waals surface area contributed by atoms with Crippen molar-refractivity contribution in [3.05, 3.63) is 63.6 Å². The molecular formula is C15H11Cl2NO3. The summed E-state index contributed by atoms with van der Waals surface area (Å²) in [5.74, 6) is -1.49. The predicted octanol–water partition coefficient (Wildman–Crippen LogP) is 3.87. The molecule has 0 aliphatic carbocycles. The van der Waals surface area contributed by atoms with Crippen LogP contribution < -0.4 is 5.32 Å². The van der Waals surface area contributed by atoms with Gasteiger partial charge in [-0.1, -0.05) is 35.3 Å². The van der Waals surface area contributed by atoms with E-state index >= 15 is 0 Å². The van der Waals surface area contributed by atoms with Crippen LogP contribution in [0.5, 0.6) is 0 Å². The molecule has 0 radical (unpaired) electrons. The highest BCUT2D eigenvalue weighted by Crippen LogP contribution is 2.21. The van der Waals surface area contributed by atoms with E-state index < -0.39 is 5.97 Å². The number of amides is 1. The zero-order valence-electron chi connectivity index (χ0n) is 10.8. The van der Waals surface area contributed by atoms with Gasteiger partial charge in [-0.2, -0.15) is 0 Å². The number of carbonyl (C=O) groups excluding carboxylic acids is 1. The Morgan fingerprint density at radius 2 is 1.76 bits per heavy atom. The summed E-state index contributed by atoms with van der Waals surface area (Å²) < 4.78 is 0. The number of hydrogen-bond acceptors (Lipinski definition) is 2. The van der Waals surface area contributed by atoms with Gasteiger partial charge in [0, 0.05) is 10.0 Å². The number of anilines is 1. The van der Waals surface area contributed by atoms with Crippen molar-refractivity contribution in [2.45, 2.75) is 6.42 Å². The SMILES string of the molecule is O=C(Cc1cccc(Cl)c1)Nc1ccc(Cl)cc1C(=O)O. The number of hydrogen-bond donors (Lipinski definition) is 2. The summed E-state index contributed by atoms with van der Waals surface area (Å²) in [5, 5.41) is 12.5. The summed E-state index contributed by atoms with van der Waals surface area (Å²) >= 11 is 11.6. The number of halogens is 2. The molecule has 0 aliphatic rings. The minimum absolute atomic E-state index is 0.0538. The van der Waals surface area contributed by atoms with Crippen LogP contribution in [0.4, 0.5) is 5.69 Å². The van der Waals surface area contributed by atoms with Gasteiger partial charge in [-0.05, 0) is 35.9 Å². The Morgan fingerprint density at radius 3 is 2.43 bits per heavy atom. The Labute approximate surface area is 131 Å². The summed E-state index contributed by atoms with van der Waals surface area (Å²) in [4.78, 5) is 23.1. The first-order valence-corrected chi connectivity index (χ1v) is 6.78.